The van der Waals surface area contributed by atoms with Crippen LogP contribution in [0.1, 0.15) is 56.6 Å². The summed E-state index contributed by atoms with van der Waals surface area (Å²) < 4.78 is 5.40. The Hall–Kier alpha value is -1.10. The lowest BCUT2D eigenvalue weighted by Crippen LogP contribution is -2.53. The Morgan fingerprint density at radius 3 is 2.52 bits per heavy atom. The Kier molecular flexibility index (Phi) is 7.29. The molecule has 140 valence electrons. The molecule has 1 aromatic rings. The van der Waals surface area contributed by atoms with Crippen molar-refractivity contribution in [3.05, 3.63) is 35.4 Å². The molecule has 0 aromatic heterocycles. The van der Waals surface area contributed by atoms with E-state index in [-0.39, 0.29) is 29.8 Å². The van der Waals surface area contributed by atoms with Crippen molar-refractivity contribution in [2.24, 2.45) is 0 Å². The maximum atomic E-state index is 12.4. The van der Waals surface area contributed by atoms with Crippen LogP contribution >= 0.6 is 12.4 Å². The van der Waals surface area contributed by atoms with Crippen molar-refractivity contribution in [3.8, 4) is 0 Å². The lowest BCUT2D eigenvalue weighted by molar-refractivity contribution is -0.126. The Morgan fingerprint density at radius 1 is 1.28 bits per heavy atom. The molecule has 2 fully saturated rings. The summed E-state index contributed by atoms with van der Waals surface area (Å²) in [6.07, 6.45) is 4.80. The second-order valence-electron chi connectivity index (χ2n) is 7.56. The predicted octanol–water partition coefficient (Wildman–Crippen LogP) is 3.15. The first-order chi connectivity index (χ1) is 11.6. The highest BCUT2D eigenvalue weighted by atomic mass is 35.5. The van der Waals surface area contributed by atoms with Crippen molar-refractivity contribution in [1.29, 1.82) is 0 Å². The number of halogens is 1. The minimum atomic E-state index is -0.208. The molecule has 1 saturated carbocycles. The predicted molar refractivity (Wildman–Crippen MR) is 104 cm³/mol. The molecule has 0 bridgehead atoms. The second kappa shape index (κ2) is 9.02. The molecule has 1 saturated heterocycles. The van der Waals surface area contributed by atoms with Crippen molar-refractivity contribution in [2.45, 2.75) is 56.9 Å². The van der Waals surface area contributed by atoms with Crippen LogP contribution in [0, 0.1) is 0 Å². The van der Waals surface area contributed by atoms with Crippen LogP contribution in [0.25, 0.3) is 0 Å². The molecule has 5 heteroatoms. The van der Waals surface area contributed by atoms with Gasteiger partial charge in [0.15, 0.2) is 0 Å². The van der Waals surface area contributed by atoms with E-state index in [1.54, 1.807) is 0 Å². The molecule has 1 heterocycles. The van der Waals surface area contributed by atoms with E-state index in [1.165, 1.54) is 24.0 Å². The summed E-state index contributed by atoms with van der Waals surface area (Å²) in [6, 6.07) is 8.83. The smallest absolute Gasteiger partial charge is 0.239 e. The molecule has 1 unspecified atom stereocenters. The van der Waals surface area contributed by atoms with Crippen molar-refractivity contribution in [1.82, 2.24) is 10.6 Å². The van der Waals surface area contributed by atoms with Crippen LogP contribution in [0.2, 0.25) is 0 Å². The summed E-state index contributed by atoms with van der Waals surface area (Å²) in [4.78, 5) is 12.4. The number of carbonyl (C=O) groups is 1. The molecule has 2 aliphatic rings. The highest BCUT2D eigenvalue weighted by Gasteiger charge is 2.36. The average Bonchev–Trinajstić information content (AvgIpc) is 3.11. The first kappa shape index (κ1) is 20.2. The van der Waals surface area contributed by atoms with E-state index < -0.39 is 0 Å². The number of amides is 1. The number of hydrogen-bond acceptors (Lipinski definition) is 3. The highest BCUT2D eigenvalue weighted by Crippen LogP contribution is 2.41. The van der Waals surface area contributed by atoms with Gasteiger partial charge in [-0.3, -0.25) is 4.79 Å². The average molecular weight is 367 g/mol. The van der Waals surface area contributed by atoms with Crippen LogP contribution in [0.15, 0.2) is 24.3 Å². The van der Waals surface area contributed by atoms with E-state index >= 15 is 0 Å². The minimum absolute atomic E-state index is 0. The zero-order chi connectivity index (χ0) is 17.0. The van der Waals surface area contributed by atoms with E-state index in [4.69, 9.17) is 4.74 Å². The van der Waals surface area contributed by atoms with Crippen molar-refractivity contribution < 1.29 is 9.53 Å². The molecule has 0 spiro atoms. The summed E-state index contributed by atoms with van der Waals surface area (Å²) in [5.74, 6) is 0.621. The van der Waals surface area contributed by atoms with Crippen LogP contribution in [-0.4, -0.2) is 38.3 Å². The molecule has 1 aliphatic heterocycles. The van der Waals surface area contributed by atoms with Crippen LogP contribution in [0.3, 0.4) is 0 Å². The highest BCUT2D eigenvalue weighted by molar-refractivity contribution is 5.85. The zero-order valence-electron chi connectivity index (χ0n) is 15.3. The fourth-order valence-corrected chi connectivity index (χ4v) is 3.95. The van der Waals surface area contributed by atoms with Gasteiger partial charge in [-0.1, -0.05) is 51.0 Å². The number of morpholine rings is 1. The maximum Gasteiger partial charge on any atom is 0.239 e. The minimum Gasteiger partial charge on any atom is -0.378 e. The van der Waals surface area contributed by atoms with Gasteiger partial charge in [-0.15, -0.1) is 12.4 Å². The second-order valence-corrected chi connectivity index (χ2v) is 7.56. The topological polar surface area (TPSA) is 50.4 Å². The van der Waals surface area contributed by atoms with Gasteiger partial charge >= 0.3 is 0 Å². The molecule has 1 aromatic carbocycles. The molecule has 1 atom stereocenters. The first-order valence-corrected chi connectivity index (χ1v) is 9.30. The van der Waals surface area contributed by atoms with Crippen molar-refractivity contribution in [2.75, 3.05) is 26.3 Å². The molecule has 0 radical (unpaired) electrons. The molecule has 1 amide bonds. The lowest BCUT2D eigenvalue weighted by Gasteiger charge is -2.32. The SMILES string of the molecule is CC(C)c1ccc(C2(CNC(=O)C3COCCN3)CCCC2)cc1.Cl. The summed E-state index contributed by atoms with van der Waals surface area (Å²) in [5, 5.41) is 6.42. The van der Waals surface area contributed by atoms with Crippen molar-refractivity contribution >= 4 is 18.3 Å². The van der Waals surface area contributed by atoms with Gasteiger partial charge in [0.2, 0.25) is 5.91 Å². The van der Waals surface area contributed by atoms with Gasteiger partial charge in [0.05, 0.1) is 13.2 Å². The molecular weight excluding hydrogens is 336 g/mol. The molecule has 1 aliphatic carbocycles. The Balaban J connectivity index is 0.00000225. The van der Waals surface area contributed by atoms with Crippen LogP contribution in [-0.2, 0) is 14.9 Å². The van der Waals surface area contributed by atoms with Gasteiger partial charge < -0.3 is 15.4 Å². The summed E-state index contributed by atoms with van der Waals surface area (Å²) in [6.45, 7) is 7.09. The van der Waals surface area contributed by atoms with Gasteiger partial charge in [-0.05, 0) is 29.9 Å². The molecule has 25 heavy (non-hydrogen) atoms. The summed E-state index contributed by atoms with van der Waals surface area (Å²) in [7, 11) is 0. The fourth-order valence-electron chi connectivity index (χ4n) is 3.95. The van der Waals surface area contributed by atoms with E-state index in [2.05, 4.69) is 48.7 Å². The molecular formula is C20H31ClN2O2. The monoisotopic (exact) mass is 366 g/mol. The van der Waals surface area contributed by atoms with Gasteiger partial charge in [-0.2, -0.15) is 0 Å². The largest absolute Gasteiger partial charge is 0.378 e. The molecule has 3 rings (SSSR count). The Labute approximate surface area is 157 Å². The quantitative estimate of drug-likeness (QED) is 0.841. The zero-order valence-corrected chi connectivity index (χ0v) is 16.2. The Morgan fingerprint density at radius 2 is 1.96 bits per heavy atom. The van der Waals surface area contributed by atoms with Gasteiger partial charge in [0, 0.05) is 18.5 Å². The normalized spacial score (nSPS) is 22.4. The van der Waals surface area contributed by atoms with Crippen molar-refractivity contribution in [3.63, 3.8) is 0 Å². The number of nitrogens with one attached hydrogen (secondary N) is 2. The third kappa shape index (κ3) is 4.75. The third-order valence-corrected chi connectivity index (χ3v) is 5.59. The van der Waals surface area contributed by atoms with E-state index in [0.717, 1.165) is 25.9 Å². The van der Waals surface area contributed by atoms with Crippen LogP contribution in [0.5, 0.6) is 0 Å². The van der Waals surface area contributed by atoms with Gasteiger partial charge in [0.25, 0.3) is 0 Å². The third-order valence-electron chi connectivity index (χ3n) is 5.59. The number of ether oxygens (including phenoxy) is 1. The number of hydrogen-bond donors (Lipinski definition) is 2. The van der Waals surface area contributed by atoms with E-state index in [0.29, 0.717) is 19.1 Å². The van der Waals surface area contributed by atoms with E-state index in [9.17, 15) is 4.79 Å². The summed E-state index contributed by atoms with van der Waals surface area (Å²) >= 11 is 0. The number of carbonyl (C=O) groups excluding carboxylic acids is 1. The summed E-state index contributed by atoms with van der Waals surface area (Å²) in [5.41, 5.74) is 2.85. The first-order valence-electron chi connectivity index (χ1n) is 9.30. The van der Waals surface area contributed by atoms with E-state index in [1.807, 2.05) is 0 Å². The number of benzene rings is 1. The standard InChI is InChI=1S/C20H30N2O2.ClH/c1-15(2)16-5-7-17(8-6-16)20(9-3-4-10-20)14-22-19(23)18-13-24-12-11-21-18;/h5-8,15,18,21H,3-4,9-14H2,1-2H3,(H,22,23);1H. The Bertz CT molecular complexity index is 547. The molecule has 4 nitrogen and oxygen atoms in total. The van der Waals surface area contributed by atoms with Crippen LogP contribution < -0.4 is 10.6 Å². The fraction of sp³-hybridized carbons (Fsp3) is 0.650. The van der Waals surface area contributed by atoms with Gasteiger partial charge in [0.1, 0.15) is 6.04 Å². The van der Waals surface area contributed by atoms with Crippen LogP contribution in [0.4, 0.5) is 0 Å². The lowest BCUT2D eigenvalue weighted by atomic mass is 9.78. The molecule has 2 N–H and O–H groups in total. The maximum absolute atomic E-state index is 12.4. The van der Waals surface area contributed by atoms with Gasteiger partial charge in [-0.25, -0.2) is 0 Å². The number of rotatable bonds is 5.